The van der Waals surface area contributed by atoms with Crippen LogP contribution in [0.1, 0.15) is 32.8 Å². The molecule has 24 heavy (non-hydrogen) atoms. The number of hydrogen-bond acceptors (Lipinski definition) is 6. The quantitative estimate of drug-likeness (QED) is 0.581. The van der Waals surface area contributed by atoms with Gasteiger partial charge in [-0.3, -0.25) is 4.79 Å². The van der Waals surface area contributed by atoms with Gasteiger partial charge in [0, 0.05) is 0 Å². The average Bonchev–Trinajstić information content (AvgIpc) is 2.96. The fourth-order valence-corrected chi connectivity index (χ4v) is 2.32. The van der Waals surface area contributed by atoms with Gasteiger partial charge in [0.15, 0.2) is 17.3 Å². The van der Waals surface area contributed by atoms with E-state index in [0.29, 0.717) is 37.9 Å². The zero-order valence-corrected chi connectivity index (χ0v) is 14.3. The second-order valence-electron chi connectivity index (χ2n) is 5.37. The Hall–Kier alpha value is -2.12. The maximum Gasteiger partial charge on any atom is 0.245 e. The van der Waals surface area contributed by atoms with Crippen molar-refractivity contribution in [2.75, 3.05) is 26.4 Å². The van der Waals surface area contributed by atoms with E-state index in [9.17, 15) is 4.79 Å². The molecule has 0 saturated carbocycles. The van der Waals surface area contributed by atoms with Crippen molar-refractivity contribution in [2.45, 2.75) is 33.0 Å². The number of nitrogens with zero attached hydrogens (tertiary/aromatic N) is 1. The molecule has 1 N–H and O–H groups in total. The molecule has 1 aromatic rings. The molecule has 1 aromatic carbocycles. The molecule has 0 unspecified atom stereocenters. The molecule has 7 heteroatoms. The van der Waals surface area contributed by atoms with Crippen molar-refractivity contribution in [3.05, 3.63) is 23.8 Å². The van der Waals surface area contributed by atoms with Crippen molar-refractivity contribution in [1.82, 2.24) is 5.43 Å². The predicted octanol–water partition coefficient (Wildman–Crippen LogP) is 2.09. The van der Waals surface area contributed by atoms with Crippen LogP contribution < -0.4 is 14.9 Å². The molecule has 1 heterocycles. The Morgan fingerprint density at radius 3 is 2.58 bits per heavy atom. The predicted molar refractivity (Wildman–Crippen MR) is 89.4 cm³/mol. The lowest BCUT2D eigenvalue weighted by molar-refractivity contribution is -0.159. The van der Waals surface area contributed by atoms with Crippen LogP contribution in [0.15, 0.2) is 23.3 Å². The molecule has 1 aliphatic rings. The van der Waals surface area contributed by atoms with Crippen LogP contribution in [0, 0.1) is 0 Å². The fraction of sp³-hybridized carbons (Fsp3) is 0.529. The number of carbonyl (C=O) groups is 1. The molecule has 0 radical (unpaired) electrons. The highest BCUT2D eigenvalue weighted by Crippen LogP contribution is 2.28. The minimum atomic E-state index is -0.860. The molecule has 132 valence electrons. The summed E-state index contributed by atoms with van der Waals surface area (Å²) in [5.74, 6) is 0.200. The smallest absolute Gasteiger partial charge is 0.245 e. The van der Waals surface area contributed by atoms with Gasteiger partial charge in [-0.15, -0.1) is 0 Å². The zero-order valence-electron chi connectivity index (χ0n) is 14.3. The van der Waals surface area contributed by atoms with Gasteiger partial charge >= 0.3 is 0 Å². The Labute approximate surface area is 141 Å². The highest BCUT2D eigenvalue weighted by atomic mass is 16.7. The van der Waals surface area contributed by atoms with Gasteiger partial charge in [-0.2, -0.15) is 5.10 Å². The second-order valence-corrected chi connectivity index (χ2v) is 5.37. The van der Waals surface area contributed by atoms with Crippen molar-refractivity contribution < 1.29 is 23.7 Å². The molecule has 0 aliphatic carbocycles. The van der Waals surface area contributed by atoms with Crippen molar-refractivity contribution in [1.29, 1.82) is 0 Å². The Kier molecular flexibility index (Phi) is 6.57. The number of hydrogen-bond donors (Lipinski definition) is 1. The number of carbonyl (C=O) groups excluding carboxylic acids is 1. The van der Waals surface area contributed by atoms with Gasteiger partial charge in [0.2, 0.25) is 5.91 Å². The Morgan fingerprint density at radius 1 is 1.25 bits per heavy atom. The lowest BCUT2D eigenvalue weighted by Gasteiger charge is -2.20. The number of rotatable bonds is 8. The van der Waals surface area contributed by atoms with E-state index in [1.807, 2.05) is 32.0 Å². The Balaban J connectivity index is 1.93. The molecular formula is C17H24N2O5. The van der Waals surface area contributed by atoms with Crippen molar-refractivity contribution in [3.63, 3.8) is 0 Å². The van der Waals surface area contributed by atoms with Crippen LogP contribution in [0.2, 0.25) is 0 Å². The maximum atomic E-state index is 11.9. The normalized spacial score (nSPS) is 16.3. The molecular weight excluding hydrogens is 312 g/mol. The topological polar surface area (TPSA) is 78.4 Å². The van der Waals surface area contributed by atoms with Crippen molar-refractivity contribution in [3.8, 4) is 11.5 Å². The highest BCUT2D eigenvalue weighted by molar-refractivity contribution is 5.83. The molecule has 1 saturated heterocycles. The Bertz CT molecular complexity index is 582. The van der Waals surface area contributed by atoms with Gasteiger partial charge in [-0.05, 0) is 44.5 Å². The molecule has 1 fully saturated rings. The number of nitrogens with one attached hydrogen (secondary N) is 1. The van der Waals surface area contributed by atoms with Crippen LogP contribution in [0.25, 0.3) is 0 Å². The van der Waals surface area contributed by atoms with Crippen LogP contribution in [0.4, 0.5) is 0 Å². The van der Waals surface area contributed by atoms with Gasteiger partial charge in [-0.1, -0.05) is 0 Å². The van der Waals surface area contributed by atoms with E-state index in [4.69, 9.17) is 18.9 Å². The molecule has 0 spiro atoms. The van der Waals surface area contributed by atoms with E-state index in [2.05, 4.69) is 10.5 Å². The average molecular weight is 336 g/mol. The number of ether oxygens (including phenoxy) is 4. The van der Waals surface area contributed by atoms with E-state index in [1.165, 1.54) is 0 Å². The van der Waals surface area contributed by atoms with Crippen molar-refractivity contribution in [2.24, 2.45) is 5.10 Å². The molecule has 1 aliphatic heterocycles. The first-order valence-electron chi connectivity index (χ1n) is 8.06. The summed E-state index contributed by atoms with van der Waals surface area (Å²) in [6, 6.07) is 5.47. The van der Waals surface area contributed by atoms with Crippen LogP contribution >= 0.6 is 0 Å². The number of benzene rings is 1. The highest BCUT2D eigenvalue weighted by Gasteiger charge is 2.33. The molecule has 0 aromatic heterocycles. The Morgan fingerprint density at radius 2 is 1.92 bits per heavy atom. The molecule has 7 nitrogen and oxygen atoms in total. The van der Waals surface area contributed by atoms with E-state index < -0.39 is 5.79 Å². The maximum absolute atomic E-state index is 11.9. The number of hydrazone groups is 1. The van der Waals surface area contributed by atoms with Gasteiger partial charge in [0.25, 0.3) is 0 Å². The lowest BCUT2D eigenvalue weighted by atomic mass is 10.2. The van der Waals surface area contributed by atoms with Crippen molar-refractivity contribution >= 4 is 12.1 Å². The van der Waals surface area contributed by atoms with Crippen LogP contribution in [-0.2, 0) is 14.3 Å². The first kappa shape index (κ1) is 18.2. The first-order chi connectivity index (χ1) is 11.6. The third-order valence-electron chi connectivity index (χ3n) is 3.35. The standard InChI is InChI=1S/C17H24N2O5/c1-4-21-14-7-6-13(10-15(14)22-5-2)12-18-19-16(20)11-17(3)23-8-9-24-17/h6-7,10,12H,4-5,8-9,11H2,1-3H3,(H,19,20)/b18-12-. The number of amides is 1. The summed E-state index contributed by atoms with van der Waals surface area (Å²) in [7, 11) is 0. The van der Waals surface area contributed by atoms with E-state index in [0.717, 1.165) is 5.56 Å². The minimum absolute atomic E-state index is 0.0951. The first-order valence-corrected chi connectivity index (χ1v) is 8.06. The summed E-state index contributed by atoms with van der Waals surface area (Å²) >= 11 is 0. The molecule has 1 amide bonds. The molecule has 2 rings (SSSR count). The summed E-state index contributed by atoms with van der Waals surface area (Å²) in [6.45, 7) is 7.66. The summed E-state index contributed by atoms with van der Waals surface area (Å²) in [6.07, 6.45) is 1.65. The summed E-state index contributed by atoms with van der Waals surface area (Å²) in [5.41, 5.74) is 3.27. The lowest BCUT2D eigenvalue weighted by Crippen LogP contribution is -2.33. The van der Waals surface area contributed by atoms with E-state index in [1.54, 1.807) is 13.1 Å². The van der Waals surface area contributed by atoms with Gasteiger partial charge in [0.1, 0.15) is 0 Å². The van der Waals surface area contributed by atoms with Gasteiger partial charge in [-0.25, -0.2) is 5.43 Å². The zero-order chi connectivity index (χ0) is 17.4. The third-order valence-corrected chi connectivity index (χ3v) is 3.35. The monoisotopic (exact) mass is 336 g/mol. The van der Waals surface area contributed by atoms with E-state index in [-0.39, 0.29) is 12.3 Å². The fourth-order valence-electron chi connectivity index (χ4n) is 2.32. The van der Waals surface area contributed by atoms with E-state index >= 15 is 0 Å². The third kappa shape index (κ3) is 5.21. The largest absolute Gasteiger partial charge is 0.490 e. The summed E-state index contributed by atoms with van der Waals surface area (Å²) in [5, 5.41) is 3.96. The van der Waals surface area contributed by atoms with Gasteiger partial charge < -0.3 is 18.9 Å². The minimum Gasteiger partial charge on any atom is -0.490 e. The SMILES string of the molecule is CCOc1ccc(/C=N\NC(=O)CC2(C)OCCO2)cc1OCC. The second kappa shape index (κ2) is 8.65. The molecule has 0 bridgehead atoms. The van der Waals surface area contributed by atoms with Crippen LogP contribution in [0.3, 0.4) is 0 Å². The van der Waals surface area contributed by atoms with Gasteiger partial charge in [0.05, 0.1) is 39.1 Å². The van der Waals surface area contributed by atoms with Crippen LogP contribution in [0.5, 0.6) is 11.5 Å². The summed E-state index contributed by atoms with van der Waals surface area (Å²) in [4.78, 5) is 11.9. The summed E-state index contributed by atoms with van der Waals surface area (Å²) < 4.78 is 21.8. The molecule has 0 atom stereocenters. The van der Waals surface area contributed by atoms with Crippen LogP contribution in [-0.4, -0.2) is 44.3 Å².